The fourth-order valence-electron chi connectivity index (χ4n) is 1.55. The van der Waals surface area contributed by atoms with E-state index >= 15 is 0 Å². The molecular weight excluding hydrogens is 200 g/mol. The van der Waals surface area contributed by atoms with Crippen LogP contribution in [-0.2, 0) is 6.54 Å². The van der Waals surface area contributed by atoms with E-state index in [4.69, 9.17) is 0 Å². The number of aryl methyl sites for hydroxylation is 2. The first-order chi connectivity index (χ1) is 7.38. The summed E-state index contributed by atoms with van der Waals surface area (Å²) in [4.78, 5) is 4.27. The summed E-state index contributed by atoms with van der Waals surface area (Å²) < 4.78 is 1.96. The van der Waals surface area contributed by atoms with E-state index in [1.54, 1.807) is 0 Å². The number of hydrogen-bond acceptors (Lipinski definition) is 3. The Bertz CT molecular complexity index is 322. The normalized spacial score (nSPS) is 12.1. The van der Waals surface area contributed by atoms with Crippen LogP contribution in [0.1, 0.15) is 38.8 Å². The van der Waals surface area contributed by atoms with Gasteiger partial charge in [-0.25, -0.2) is 9.67 Å². The largest absolute Gasteiger partial charge is 0.315 e. The number of rotatable bonds is 5. The summed E-state index contributed by atoms with van der Waals surface area (Å²) in [5.41, 5.74) is 0.409. The summed E-state index contributed by atoms with van der Waals surface area (Å²) in [7, 11) is 0. The predicted octanol–water partition coefficient (Wildman–Crippen LogP) is 1.92. The highest BCUT2D eigenvalue weighted by atomic mass is 15.3. The predicted molar refractivity (Wildman–Crippen MR) is 66.4 cm³/mol. The van der Waals surface area contributed by atoms with Crippen LogP contribution in [0.5, 0.6) is 0 Å². The molecule has 0 bridgehead atoms. The Labute approximate surface area is 98.5 Å². The van der Waals surface area contributed by atoms with E-state index in [-0.39, 0.29) is 0 Å². The van der Waals surface area contributed by atoms with Gasteiger partial charge < -0.3 is 5.32 Å². The highest BCUT2D eigenvalue weighted by Gasteiger charge is 2.08. The van der Waals surface area contributed by atoms with Crippen LogP contribution < -0.4 is 5.32 Å². The zero-order chi connectivity index (χ0) is 12.2. The fraction of sp³-hybridized carbons (Fsp3) is 0.833. The minimum absolute atomic E-state index is 0.409. The molecule has 1 aromatic heterocycles. The van der Waals surface area contributed by atoms with Gasteiger partial charge in [0.1, 0.15) is 11.6 Å². The maximum Gasteiger partial charge on any atom is 0.147 e. The number of hydrogen-bond donors (Lipinski definition) is 1. The average molecular weight is 224 g/mol. The molecule has 4 heteroatoms. The van der Waals surface area contributed by atoms with E-state index in [9.17, 15) is 0 Å². The van der Waals surface area contributed by atoms with Crippen LogP contribution >= 0.6 is 0 Å². The van der Waals surface area contributed by atoms with Gasteiger partial charge in [0.25, 0.3) is 0 Å². The summed E-state index contributed by atoms with van der Waals surface area (Å²) in [6.07, 6.45) is 1.20. The van der Waals surface area contributed by atoms with E-state index in [0.717, 1.165) is 31.3 Å². The maximum atomic E-state index is 4.32. The van der Waals surface area contributed by atoms with Crippen molar-refractivity contribution >= 4 is 0 Å². The summed E-state index contributed by atoms with van der Waals surface area (Å²) in [6.45, 7) is 13.6. The Morgan fingerprint density at radius 2 is 1.88 bits per heavy atom. The average Bonchev–Trinajstić information content (AvgIpc) is 2.42. The Morgan fingerprint density at radius 3 is 2.38 bits per heavy atom. The van der Waals surface area contributed by atoms with E-state index in [0.29, 0.717) is 5.41 Å². The standard InChI is InChI=1S/C12H24N4/c1-10-14-11(2)16(15-10)9-8-13-7-6-12(3,4)5/h13H,6-9H2,1-5H3. The second-order valence-corrected chi connectivity index (χ2v) is 5.49. The molecule has 92 valence electrons. The Balaban J connectivity index is 2.19. The molecule has 0 unspecified atom stereocenters. The highest BCUT2D eigenvalue weighted by molar-refractivity contribution is 4.87. The minimum Gasteiger partial charge on any atom is -0.315 e. The maximum absolute atomic E-state index is 4.32. The van der Waals surface area contributed by atoms with Crippen molar-refractivity contribution in [2.45, 2.75) is 47.6 Å². The molecule has 0 spiro atoms. The molecule has 0 atom stereocenters. The zero-order valence-electron chi connectivity index (χ0n) is 11.2. The summed E-state index contributed by atoms with van der Waals surface area (Å²) in [5, 5.41) is 7.76. The lowest BCUT2D eigenvalue weighted by Crippen LogP contribution is -2.25. The molecule has 0 saturated heterocycles. The van der Waals surface area contributed by atoms with Gasteiger partial charge in [0.05, 0.1) is 6.54 Å². The Kier molecular flexibility index (Phi) is 4.47. The van der Waals surface area contributed by atoms with Gasteiger partial charge in [0.15, 0.2) is 0 Å². The van der Waals surface area contributed by atoms with Crippen molar-refractivity contribution < 1.29 is 0 Å². The van der Waals surface area contributed by atoms with Crippen molar-refractivity contribution in [1.82, 2.24) is 20.1 Å². The van der Waals surface area contributed by atoms with Crippen molar-refractivity contribution in [1.29, 1.82) is 0 Å². The van der Waals surface area contributed by atoms with Crippen molar-refractivity contribution in [2.75, 3.05) is 13.1 Å². The Hall–Kier alpha value is -0.900. The van der Waals surface area contributed by atoms with Gasteiger partial charge in [0.2, 0.25) is 0 Å². The topological polar surface area (TPSA) is 42.7 Å². The third kappa shape index (κ3) is 4.75. The molecule has 0 amide bonds. The second-order valence-electron chi connectivity index (χ2n) is 5.49. The monoisotopic (exact) mass is 224 g/mol. The lowest BCUT2D eigenvalue weighted by Gasteiger charge is -2.18. The van der Waals surface area contributed by atoms with Gasteiger partial charge in [0, 0.05) is 6.54 Å². The third-order valence-electron chi connectivity index (χ3n) is 2.51. The molecule has 1 rings (SSSR count). The highest BCUT2D eigenvalue weighted by Crippen LogP contribution is 2.16. The van der Waals surface area contributed by atoms with Gasteiger partial charge in [-0.3, -0.25) is 0 Å². The van der Waals surface area contributed by atoms with Crippen LogP contribution in [0.25, 0.3) is 0 Å². The first-order valence-electron chi connectivity index (χ1n) is 5.97. The number of nitrogens with zero attached hydrogens (tertiary/aromatic N) is 3. The lowest BCUT2D eigenvalue weighted by molar-refractivity contribution is 0.364. The third-order valence-corrected chi connectivity index (χ3v) is 2.51. The summed E-state index contributed by atoms with van der Waals surface area (Å²) in [6, 6.07) is 0. The van der Waals surface area contributed by atoms with Gasteiger partial charge in [-0.2, -0.15) is 5.10 Å². The van der Waals surface area contributed by atoms with Crippen molar-refractivity contribution in [3.05, 3.63) is 11.6 Å². The number of nitrogens with one attached hydrogen (secondary N) is 1. The fourth-order valence-corrected chi connectivity index (χ4v) is 1.55. The number of aromatic nitrogens is 3. The first kappa shape index (κ1) is 13.2. The van der Waals surface area contributed by atoms with E-state index in [1.807, 2.05) is 18.5 Å². The minimum atomic E-state index is 0.409. The zero-order valence-corrected chi connectivity index (χ0v) is 11.2. The molecule has 1 aromatic rings. The molecule has 16 heavy (non-hydrogen) atoms. The van der Waals surface area contributed by atoms with Gasteiger partial charge in [-0.15, -0.1) is 0 Å². The molecule has 0 aliphatic rings. The van der Waals surface area contributed by atoms with Gasteiger partial charge >= 0.3 is 0 Å². The quantitative estimate of drug-likeness (QED) is 0.777. The van der Waals surface area contributed by atoms with Crippen LogP contribution in [0.4, 0.5) is 0 Å². The van der Waals surface area contributed by atoms with Crippen LogP contribution in [0.15, 0.2) is 0 Å². The smallest absolute Gasteiger partial charge is 0.147 e. The van der Waals surface area contributed by atoms with Crippen molar-refractivity contribution in [3.63, 3.8) is 0 Å². The lowest BCUT2D eigenvalue weighted by atomic mass is 9.92. The van der Waals surface area contributed by atoms with Crippen LogP contribution in [0.3, 0.4) is 0 Å². The van der Waals surface area contributed by atoms with Crippen LogP contribution in [-0.4, -0.2) is 27.9 Å². The summed E-state index contributed by atoms with van der Waals surface area (Å²) >= 11 is 0. The Morgan fingerprint density at radius 1 is 1.19 bits per heavy atom. The molecule has 0 fully saturated rings. The van der Waals surface area contributed by atoms with E-state index in [2.05, 4.69) is 36.2 Å². The molecule has 1 heterocycles. The summed E-state index contributed by atoms with van der Waals surface area (Å²) in [5.74, 6) is 1.85. The van der Waals surface area contributed by atoms with E-state index in [1.165, 1.54) is 6.42 Å². The van der Waals surface area contributed by atoms with Crippen LogP contribution in [0, 0.1) is 19.3 Å². The van der Waals surface area contributed by atoms with Crippen LogP contribution in [0.2, 0.25) is 0 Å². The van der Waals surface area contributed by atoms with Crippen molar-refractivity contribution in [3.8, 4) is 0 Å². The molecule has 0 aromatic carbocycles. The molecule has 0 aliphatic heterocycles. The van der Waals surface area contributed by atoms with Gasteiger partial charge in [-0.05, 0) is 32.2 Å². The molecule has 0 saturated carbocycles. The molecule has 0 aliphatic carbocycles. The molecular formula is C12H24N4. The van der Waals surface area contributed by atoms with Crippen molar-refractivity contribution in [2.24, 2.45) is 5.41 Å². The first-order valence-corrected chi connectivity index (χ1v) is 5.97. The molecule has 4 nitrogen and oxygen atoms in total. The molecule has 0 radical (unpaired) electrons. The second kappa shape index (κ2) is 5.43. The molecule has 1 N–H and O–H groups in total. The van der Waals surface area contributed by atoms with Gasteiger partial charge in [-0.1, -0.05) is 20.8 Å². The SMILES string of the molecule is Cc1nc(C)n(CCNCCC(C)(C)C)n1. The van der Waals surface area contributed by atoms with E-state index < -0.39 is 0 Å².